The molecular formula is C24H32N2O6. The lowest BCUT2D eigenvalue weighted by Gasteiger charge is -2.18. The minimum absolute atomic E-state index is 0.0988. The Kier molecular flexibility index (Phi) is 9.66. The van der Waals surface area contributed by atoms with Crippen molar-refractivity contribution in [3.8, 4) is 23.0 Å². The normalized spacial score (nSPS) is 10.3. The van der Waals surface area contributed by atoms with E-state index in [0.717, 1.165) is 5.56 Å². The lowest BCUT2D eigenvalue weighted by molar-refractivity contribution is -0.128. The Bertz CT molecular complexity index is 915. The van der Waals surface area contributed by atoms with Gasteiger partial charge in [0.05, 0.1) is 34.0 Å². The summed E-state index contributed by atoms with van der Waals surface area (Å²) in [5.74, 6) is 1.85. The van der Waals surface area contributed by atoms with Crippen molar-refractivity contribution in [2.24, 2.45) is 0 Å². The largest absolute Gasteiger partial charge is 0.493 e. The third-order valence-electron chi connectivity index (χ3n) is 4.82. The van der Waals surface area contributed by atoms with Crippen molar-refractivity contribution in [1.29, 1.82) is 0 Å². The van der Waals surface area contributed by atoms with Crippen molar-refractivity contribution in [3.63, 3.8) is 0 Å². The predicted octanol–water partition coefficient (Wildman–Crippen LogP) is 2.93. The Morgan fingerprint density at radius 3 is 2.19 bits per heavy atom. The van der Waals surface area contributed by atoms with Crippen LogP contribution in [0.4, 0.5) is 0 Å². The highest BCUT2D eigenvalue weighted by atomic mass is 16.5. The van der Waals surface area contributed by atoms with Crippen molar-refractivity contribution >= 4 is 11.8 Å². The zero-order valence-corrected chi connectivity index (χ0v) is 19.4. The molecule has 1 N–H and O–H groups in total. The highest BCUT2D eigenvalue weighted by molar-refractivity contribution is 5.97. The van der Waals surface area contributed by atoms with Crippen LogP contribution in [0.3, 0.4) is 0 Å². The summed E-state index contributed by atoms with van der Waals surface area (Å²) in [6.45, 7) is 5.09. The Morgan fingerprint density at radius 2 is 1.53 bits per heavy atom. The number of rotatable bonds is 12. The van der Waals surface area contributed by atoms with Gasteiger partial charge in [0.25, 0.3) is 5.91 Å². The second-order valence-corrected chi connectivity index (χ2v) is 6.96. The molecule has 2 aromatic carbocycles. The number of ether oxygens (including phenoxy) is 4. The molecule has 0 saturated carbocycles. The maximum atomic E-state index is 12.5. The number of hydrogen-bond donors (Lipinski definition) is 1. The van der Waals surface area contributed by atoms with E-state index in [0.29, 0.717) is 54.7 Å². The number of hydrogen-bond acceptors (Lipinski definition) is 6. The second kappa shape index (κ2) is 12.4. The van der Waals surface area contributed by atoms with E-state index in [-0.39, 0.29) is 18.4 Å². The number of nitrogens with one attached hydrogen (secondary N) is 1. The van der Waals surface area contributed by atoms with Crippen molar-refractivity contribution in [3.05, 3.63) is 47.5 Å². The zero-order chi connectivity index (χ0) is 23.5. The molecule has 0 radical (unpaired) electrons. The number of carbonyl (C=O) groups is 2. The number of amides is 2. The van der Waals surface area contributed by atoms with Gasteiger partial charge < -0.3 is 29.2 Å². The lowest BCUT2D eigenvalue weighted by Crippen LogP contribution is -2.39. The first-order valence-corrected chi connectivity index (χ1v) is 10.6. The van der Waals surface area contributed by atoms with E-state index >= 15 is 0 Å². The summed E-state index contributed by atoms with van der Waals surface area (Å²) in [6.07, 6.45) is 0.646. The van der Waals surface area contributed by atoms with Crippen LogP contribution in [0.2, 0.25) is 0 Å². The van der Waals surface area contributed by atoms with Gasteiger partial charge in [0.1, 0.15) is 0 Å². The van der Waals surface area contributed by atoms with E-state index in [1.807, 2.05) is 32.0 Å². The average Bonchev–Trinajstić information content (AvgIpc) is 2.81. The SMILES string of the molecule is CCOc1ccc(C(=O)NCC(=O)N(C)CCc2ccc(OC)c(OC)c2)cc1OCC. The molecule has 2 amide bonds. The van der Waals surface area contributed by atoms with Crippen molar-refractivity contribution < 1.29 is 28.5 Å². The van der Waals surface area contributed by atoms with E-state index in [1.54, 1.807) is 44.4 Å². The molecule has 0 saturated heterocycles. The summed E-state index contributed by atoms with van der Waals surface area (Å²) in [5.41, 5.74) is 1.42. The van der Waals surface area contributed by atoms with Gasteiger partial charge in [-0.1, -0.05) is 6.07 Å². The van der Waals surface area contributed by atoms with Crippen LogP contribution in [-0.4, -0.2) is 64.3 Å². The molecule has 2 aromatic rings. The van der Waals surface area contributed by atoms with Crippen LogP contribution in [0.1, 0.15) is 29.8 Å². The van der Waals surface area contributed by atoms with Crippen LogP contribution in [-0.2, 0) is 11.2 Å². The molecule has 0 heterocycles. The van der Waals surface area contributed by atoms with Crippen molar-refractivity contribution in [2.45, 2.75) is 20.3 Å². The topological polar surface area (TPSA) is 86.3 Å². The van der Waals surface area contributed by atoms with Gasteiger partial charge in [0.2, 0.25) is 5.91 Å². The minimum Gasteiger partial charge on any atom is -0.493 e. The van der Waals surface area contributed by atoms with Gasteiger partial charge >= 0.3 is 0 Å². The molecule has 0 aromatic heterocycles. The lowest BCUT2D eigenvalue weighted by atomic mass is 10.1. The van der Waals surface area contributed by atoms with Crippen LogP contribution >= 0.6 is 0 Å². The summed E-state index contributed by atoms with van der Waals surface area (Å²) in [5, 5.41) is 2.67. The quantitative estimate of drug-likeness (QED) is 0.542. The number of carbonyl (C=O) groups excluding carboxylic acids is 2. The smallest absolute Gasteiger partial charge is 0.251 e. The molecule has 8 heteroatoms. The first-order valence-electron chi connectivity index (χ1n) is 10.6. The fourth-order valence-corrected chi connectivity index (χ4v) is 3.04. The fraction of sp³-hybridized carbons (Fsp3) is 0.417. The zero-order valence-electron chi connectivity index (χ0n) is 19.4. The molecule has 0 aliphatic heterocycles. The molecule has 32 heavy (non-hydrogen) atoms. The molecule has 0 unspecified atom stereocenters. The van der Waals surface area contributed by atoms with Gasteiger partial charge in [-0.25, -0.2) is 0 Å². The molecule has 0 aliphatic rings. The van der Waals surface area contributed by atoms with E-state index < -0.39 is 0 Å². The highest BCUT2D eigenvalue weighted by Gasteiger charge is 2.15. The maximum Gasteiger partial charge on any atom is 0.251 e. The van der Waals surface area contributed by atoms with Crippen molar-refractivity contribution in [2.75, 3.05) is 47.6 Å². The van der Waals surface area contributed by atoms with Crippen LogP contribution in [0.15, 0.2) is 36.4 Å². The summed E-state index contributed by atoms with van der Waals surface area (Å²) in [4.78, 5) is 26.5. The van der Waals surface area contributed by atoms with E-state index in [2.05, 4.69) is 5.32 Å². The molecule has 2 rings (SSSR count). The van der Waals surface area contributed by atoms with Crippen LogP contribution in [0, 0.1) is 0 Å². The second-order valence-electron chi connectivity index (χ2n) is 6.96. The number of likely N-dealkylation sites (N-methyl/N-ethyl adjacent to an activating group) is 1. The first-order chi connectivity index (χ1) is 15.4. The average molecular weight is 445 g/mol. The fourth-order valence-electron chi connectivity index (χ4n) is 3.04. The van der Waals surface area contributed by atoms with Gasteiger partial charge in [-0.2, -0.15) is 0 Å². The maximum absolute atomic E-state index is 12.5. The number of nitrogens with zero attached hydrogens (tertiary/aromatic N) is 1. The molecule has 0 aliphatic carbocycles. The molecule has 0 spiro atoms. The number of methoxy groups -OCH3 is 2. The standard InChI is InChI=1S/C24H32N2O6/c1-6-31-20-11-9-18(15-22(20)32-7-2)24(28)25-16-23(27)26(3)13-12-17-8-10-19(29-4)21(14-17)30-5/h8-11,14-15H,6-7,12-13,16H2,1-5H3,(H,25,28). The van der Waals surface area contributed by atoms with E-state index in [1.165, 1.54) is 0 Å². The molecule has 174 valence electrons. The Balaban J connectivity index is 1.90. The third kappa shape index (κ3) is 6.80. The van der Waals surface area contributed by atoms with Gasteiger partial charge in [0.15, 0.2) is 23.0 Å². The third-order valence-corrected chi connectivity index (χ3v) is 4.82. The summed E-state index contributed by atoms with van der Waals surface area (Å²) in [7, 11) is 4.88. The minimum atomic E-state index is -0.351. The van der Waals surface area contributed by atoms with Gasteiger partial charge in [-0.05, 0) is 56.2 Å². The summed E-state index contributed by atoms with van der Waals surface area (Å²) < 4.78 is 21.6. The monoisotopic (exact) mass is 444 g/mol. The van der Waals surface area contributed by atoms with Gasteiger partial charge in [-0.15, -0.1) is 0 Å². The van der Waals surface area contributed by atoms with Crippen LogP contribution < -0.4 is 24.3 Å². The van der Waals surface area contributed by atoms with Crippen LogP contribution in [0.25, 0.3) is 0 Å². The van der Waals surface area contributed by atoms with Gasteiger partial charge in [-0.3, -0.25) is 9.59 Å². The Morgan fingerprint density at radius 1 is 0.875 bits per heavy atom. The van der Waals surface area contributed by atoms with E-state index in [4.69, 9.17) is 18.9 Å². The first kappa shape index (κ1) is 24.8. The van der Waals surface area contributed by atoms with Crippen LogP contribution in [0.5, 0.6) is 23.0 Å². The molecular weight excluding hydrogens is 412 g/mol. The molecule has 0 fully saturated rings. The Hall–Kier alpha value is -3.42. The highest BCUT2D eigenvalue weighted by Crippen LogP contribution is 2.29. The molecule has 8 nitrogen and oxygen atoms in total. The van der Waals surface area contributed by atoms with Crippen molar-refractivity contribution in [1.82, 2.24) is 10.2 Å². The summed E-state index contributed by atoms with van der Waals surface area (Å²) in [6, 6.07) is 10.6. The van der Waals surface area contributed by atoms with Gasteiger partial charge in [0, 0.05) is 19.2 Å². The molecule has 0 bridgehead atoms. The Labute approximate surface area is 189 Å². The summed E-state index contributed by atoms with van der Waals surface area (Å²) >= 11 is 0. The van der Waals surface area contributed by atoms with E-state index in [9.17, 15) is 9.59 Å². The number of benzene rings is 2. The predicted molar refractivity (Wildman–Crippen MR) is 122 cm³/mol. The molecule has 0 atom stereocenters.